The fourth-order valence-electron chi connectivity index (χ4n) is 2.42. The number of aromatic nitrogens is 3. The maximum absolute atomic E-state index is 12.8. The maximum atomic E-state index is 12.8. The third kappa shape index (κ3) is 1.43. The van der Waals surface area contributed by atoms with E-state index in [1.54, 1.807) is 0 Å². The molecule has 1 aliphatic heterocycles. The summed E-state index contributed by atoms with van der Waals surface area (Å²) in [6.07, 6.45) is -0.156. The van der Waals surface area contributed by atoms with Gasteiger partial charge in [-0.1, -0.05) is 0 Å². The Labute approximate surface area is 92.0 Å². The Balaban J connectivity index is 1.84. The number of rotatable bonds is 2. The number of hydrogen-bond donors (Lipinski definition) is 1. The minimum atomic E-state index is -2.49. The summed E-state index contributed by atoms with van der Waals surface area (Å²) in [4.78, 5) is 0. The van der Waals surface area contributed by atoms with Crippen molar-refractivity contribution in [3.8, 4) is 0 Å². The highest BCUT2D eigenvalue weighted by Gasteiger charge is 2.48. The highest BCUT2D eigenvalue weighted by molar-refractivity contribution is 5.11. The van der Waals surface area contributed by atoms with E-state index in [0.29, 0.717) is 6.04 Å². The van der Waals surface area contributed by atoms with E-state index in [1.807, 2.05) is 11.5 Å². The zero-order chi connectivity index (χ0) is 11.3. The number of nitrogens with zero attached hydrogens (tertiary/aromatic N) is 3. The van der Waals surface area contributed by atoms with Gasteiger partial charge in [0.2, 0.25) is 5.92 Å². The van der Waals surface area contributed by atoms with E-state index >= 15 is 0 Å². The van der Waals surface area contributed by atoms with Crippen molar-refractivity contribution >= 4 is 0 Å². The molecule has 0 spiro atoms. The molecule has 2 aliphatic rings. The van der Waals surface area contributed by atoms with Gasteiger partial charge in [-0.2, -0.15) is 0 Å². The van der Waals surface area contributed by atoms with Crippen LogP contribution in [0.4, 0.5) is 8.78 Å². The zero-order valence-corrected chi connectivity index (χ0v) is 9.08. The maximum Gasteiger partial charge on any atom is 0.249 e. The van der Waals surface area contributed by atoms with Crippen molar-refractivity contribution in [1.82, 2.24) is 20.1 Å². The van der Waals surface area contributed by atoms with Gasteiger partial charge in [-0.15, -0.1) is 10.2 Å². The molecular formula is C10H14F2N4. The molecule has 1 aliphatic carbocycles. The first-order valence-corrected chi connectivity index (χ1v) is 5.57. The second-order valence-corrected chi connectivity index (χ2v) is 4.75. The second-order valence-electron chi connectivity index (χ2n) is 4.75. The molecule has 0 unspecified atom stereocenters. The fraction of sp³-hybridized carbons (Fsp3) is 0.800. The number of hydrogen-bond acceptors (Lipinski definition) is 3. The molecule has 2 fully saturated rings. The first kappa shape index (κ1) is 10.1. The van der Waals surface area contributed by atoms with Crippen molar-refractivity contribution in [2.75, 3.05) is 13.1 Å². The topological polar surface area (TPSA) is 42.7 Å². The van der Waals surface area contributed by atoms with Crippen molar-refractivity contribution in [2.45, 2.75) is 37.6 Å². The quantitative estimate of drug-likeness (QED) is 0.828. The van der Waals surface area contributed by atoms with E-state index in [2.05, 4.69) is 15.5 Å². The first-order valence-electron chi connectivity index (χ1n) is 5.57. The number of nitrogens with one attached hydrogen (secondary N) is 1. The molecule has 88 valence electrons. The van der Waals surface area contributed by atoms with Crippen LogP contribution in [0.25, 0.3) is 0 Å². The fourth-order valence-corrected chi connectivity index (χ4v) is 2.42. The van der Waals surface area contributed by atoms with Crippen LogP contribution in [0.15, 0.2) is 0 Å². The Morgan fingerprint density at radius 3 is 2.50 bits per heavy atom. The molecule has 16 heavy (non-hydrogen) atoms. The van der Waals surface area contributed by atoms with Crippen LogP contribution >= 0.6 is 0 Å². The van der Waals surface area contributed by atoms with Crippen molar-refractivity contribution in [3.63, 3.8) is 0 Å². The average Bonchev–Trinajstić information content (AvgIpc) is 2.42. The summed E-state index contributed by atoms with van der Waals surface area (Å²) < 4.78 is 27.7. The molecule has 0 aromatic carbocycles. The Kier molecular flexibility index (Phi) is 2.04. The summed E-state index contributed by atoms with van der Waals surface area (Å²) in [7, 11) is 0. The predicted molar refractivity (Wildman–Crippen MR) is 53.6 cm³/mol. The molecule has 0 bridgehead atoms. The van der Waals surface area contributed by atoms with Crippen LogP contribution in [0.1, 0.15) is 36.5 Å². The minimum Gasteiger partial charge on any atom is -0.313 e. The van der Waals surface area contributed by atoms with Crippen LogP contribution in [0.5, 0.6) is 0 Å². The Hall–Kier alpha value is -1.04. The highest BCUT2D eigenvalue weighted by atomic mass is 19.3. The van der Waals surface area contributed by atoms with E-state index in [4.69, 9.17) is 0 Å². The van der Waals surface area contributed by atoms with Gasteiger partial charge >= 0.3 is 0 Å². The van der Waals surface area contributed by atoms with Gasteiger partial charge in [-0.25, -0.2) is 8.78 Å². The van der Waals surface area contributed by atoms with Crippen molar-refractivity contribution in [2.24, 2.45) is 0 Å². The lowest BCUT2D eigenvalue weighted by Crippen LogP contribution is -2.45. The Morgan fingerprint density at radius 2 is 2.00 bits per heavy atom. The van der Waals surface area contributed by atoms with Crippen molar-refractivity contribution in [3.05, 3.63) is 11.6 Å². The van der Waals surface area contributed by atoms with E-state index in [1.165, 1.54) is 0 Å². The normalized spacial score (nSPS) is 25.2. The van der Waals surface area contributed by atoms with Crippen molar-refractivity contribution in [1.29, 1.82) is 0 Å². The summed E-state index contributed by atoms with van der Waals surface area (Å²) in [5, 5.41) is 11.2. The van der Waals surface area contributed by atoms with E-state index < -0.39 is 5.92 Å². The van der Waals surface area contributed by atoms with Crippen LogP contribution < -0.4 is 5.32 Å². The van der Waals surface area contributed by atoms with Gasteiger partial charge in [-0.05, 0) is 6.92 Å². The lowest BCUT2D eigenvalue weighted by atomic mass is 9.80. The summed E-state index contributed by atoms with van der Waals surface area (Å²) >= 11 is 0. The molecule has 0 amide bonds. The zero-order valence-electron chi connectivity index (χ0n) is 9.08. The van der Waals surface area contributed by atoms with Gasteiger partial charge in [0.1, 0.15) is 11.6 Å². The molecule has 0 atom stereocenters. The number of halogens is 2. The van der Waals surface area contributed by atoms with E-state index in [9.17, 15) is 8.78 Å². The number of aryl methyl sites for hydroxylation is 1. The molecule has 1 N–H and O–H groups in total. The molecule has 1 saturated heterocycles. The molecule has 2 heterocycles. The monoisotopic (exact) mass is 228 g/mol. The van der Waals surface area contributed by atoms with Gasteiger partial charge in [0.25, 0.3) is 0 Å². The number of alkyl halides is 2. The van der Waals surface area contributed by atoms with Crippen LogP contribution in [0, 0.1) is 6.92 Å². The largest absolute Gasteiger partial charge is 0.313 e. The summed E-state index contributed by atoms with van der Waals surface area (Å²) in [6.45, 7) is 3.65. The lowest BCUT2D eigenvalue weighted by Gasteiger charge is -2.37. The van der Waals surface area contributed by atoms with Gasteiger partial charge in [0.15, 0.2) is 0 Å². The van der Waals surface area contributed by atoms with Gasteiger partial charge in [0, 0.05) is 31.8 Å². The molecule has 0 radical (unpaired) electrons. The molecule has 3 rings (SSSR count). The average molecular weight is 228 g/mol. The van der Waals surface area contributed by atoms with E-state index in [-0.39, 0.29) is 18.8 Å². The van der Waals surface area contributed by atoms with Crippen molar-refractivity contribution < 1.29 is 8.78 Å². The van der Waals surface area contributed by atoms with Crippen LogP contribution in [0.2, 0.25) is 0 Å². The van der Waals surface area contributed by atoms with Crippen LogP contribution in [-0.4, -0.2) is 33.8 Å². The molecular weight excluding hydrogens is 214 g/mol. The first-order chi connectivity index (χ1) is 7.57. The van der Waals surface area contributed by atoms with Gasteiger partial charge in [0.05, 0.1) is 6.04 Å². The third-order valence-electron chi connectivity index (χ3n) is 3.47. The molecule has 1 aromatic rings. The SMILES string of the molecule is Cc1nnc(C2CC(F)(F)C2)n1C1CNC1. The third-order valence-corrected chi connectivity index (χ3v) is 3.47. The molecule has 6 heteroatoms. The summed E-state index contributed by atoms with van der Waals surface area (Å²) in [5.41, 5.74) is 0. The molecule has 1 aromatic heterocycles. The Bertz CT molecular complexity index is 403. The van der Waals surface area contributed by atoms with Gasteiger partial charge in [-0.3, -0.25) is 0 Å². The predicted octanol–water partition coefficient (Wildman–Crippen LogP) is 1.24. The summed E-state index contributed by atoms with van der Waals surface area (Å²) in [5.74, 6) is -1.03. The molecule has 4 nitrogen and oxygen atoms in total. The Morgan fingerprint density at radius 1 is 1.31 bits per heavy atom. The smallest absolute Gasteiger partial charge is 0.249 e. The minimum absolute atomic E-state index is 0.0781. The van der Waals surface area contributed by atoms with Gasteiger partial charge < -0.3 is 9.88 Å². The second kappa shape index (κ2) is 3.23. The highest BCUT2D eigenvalue weighted by Crippen LogP contribution is 2.48. The van der Waals surface area contributed by atoms with Crippen LogP contribution in [-0.2, 0) is 0 Å². The van der Waals surface area contributed by atoms with Crippen LogP contribution in [0.3, 0.4) is 0 Å². The lowest BCUT2D eigenvalue weighted by molar-refractivity contribution is -0.0895. The molecule has 1 saturated carbocycles. The summed E-state index contributed by atoms with van der Waals surface area (Å²) in [6, 6.07) is 0.347. The standard InChI is InChI=1S/C10H14F2N4/c1-6-14-15-9(7-2-10(11,12)3-7)16(6)8-4-13-5-8/h7-8,13H,2-5H2,1H3. The van der Waals surface area contributed by atoms with E-state index in [0.717, 1.165) is 24.7 Å².